The van der Waals surface area contributed by atoms with Gasteiger partial charge < -0.3 is 47.3 Å². The maximum absolute atomic E-state index is 12.4. The van der Waals surface area contributed by atoms with Gasteiger partial charge in [0.25, 0.3) is 17.7 Å². The Morgan fingerprint density at radius 1 is 0.648 bits per heavy atom. The monoisotopic (exact) mass is 745 g/mol. The molecule has 0 radical (unpaired) electrons. The maximum atomic E-state index is 12.4. The van der Waals surface area contributed by atoms with Gasteiger partial charge in [0.2, 0.25) is 0 Å². The highest BCUT2D eigenvalue weighted by Gasteiger charge is 2.35. The topological polar surface area (TPSA) is 267 Å². The fraction of sp³-hybridized carbons (Fsp3) is 0.385. The van der Waals surface area contributed by atoms with Crippen molar-refractivity contribution in [3.8, 4) is 47.4 Å². The Morgan fingerprint density at radius 2 is 1.00 bits per heavy atom. The Bertz CT molecular complexity index is 1680. The molecule has 288 valence electrons. The van der Waals surface area contributed by atoms with Crippen LogP contribution < -0.4 is 27.6 Å². The molecule has 54 heavy (non-hydrogen) atoms. The van der Waals surface area contributed by atoms with Gasteiger partial charge in [-0.15, -0.1) is 0 Å². The Hall–Kier alpha value is -5.72. The molecule has 0 fully saturated rings. The van der Waals surface area contributed by atoms with Crippen molar-refractivity contribution in [3.05, 3.63) is 70.8 Å². The zero-order valence-electron chi connectivity index (χ0n) is 30.7. The molecular weight excluding hydrogens is 698 g/mol. The third-order valence-corrected chi connectivity index (χ3v) is 7.12. The summed E-state index contributed by atoms with van der Waals surface area (Å²) < 4.78 is 4.69. The van der Waals surface area contributed by atoms with Gasteiger partial charge in [-0.25, -0.2) is 10.3 Å². The molecule has 0 saturated heterocycles. The average molecular weight is 746 g/mol. The van der Waals surface area contributed by atoms with E-state index in [4.69, 9.17) is 37.1 Å². The van der Waals surface area contributed by atoms with Gasteiger partial charge in [0.15, 0.2) is 0 Å². The molecule has 2 aromatic carbocycles. The molecule has 0 spiro atoms. The second-order valence-electron chi connectivity index (χ2n) is 12.8. The van der Waals surface area contributed by atoms with Crippen LogP contribution >= 0.6 is 0 Å². The molecule has 0 heterocycles. The number of amides is 3. The molecule has 0 aliphatic rings. The molecule has 12 N–H and O–H groups in total. The highest BCUT2D eigenvalue weighted by molar-refractivity contribution is 5.98. The number of hydrogen-bond acceptors (Lipinski definition) is 12. The lowest BCUT2D eigenvalue weighted by molar-refractivity contribution is -0.144. The molecule has 0 aliphatic carbocycles. The first-order chi connectivity index (χ1) is 25.4. The van der Waals surface area contributed by atoms with Crippen LogP contribution in [0.15, 0.2) is 48.5 Å². The number of ether oxygens (including phenoxy) is 1. The fourth-order valence-electron chi connectivity index (χ4n) is 3.94. The van der Waals surface area contributed by atoms with Crippen LogP contribution in [-0.4, -0.2) is 106 Å². The molecule has 0 aliphatic heterocycles. The van der Waals surface area contributed by atoms with Crippen LogP contribution in [0.2, 0.25) is 0 Å². The van der Waals surface area contributed by atoms with Crippen LogP contribution in [0.4, 0.5) is 0 Å². The number of carbonyl (C=O) groups excluding carboxylic acids is 4. The number of methoxy groups -OCH3 is 1. The Morgan fingerprint density at radius 3 is 1.30 bits per heavy atom. The first-order valence-corrected chi connectivity index (χ1v) is 16.3. The van der Waals surface area contributed by atoms with Gasteiger partial charge in [-0.3, -0.25) is 19.6 Å². The van der Waals surface area contributed by atoms with Crippen LogP contribution in [0.5, 0.6) is 0 Å². The van der Waals surface area contributed by atoms with Gasteiger partial charge in [-0.2, -0.15) is 0 Å². The van der Waals surface area contributed by atoms with E-state index in [0.717, 1.165) is 0 Å². The quantitative estimate of drug-likeness (QED) is 0.0523. The molecular formula is C39H47N5O10. The van der Waals surface area contributed by atoms with Gasteiger partial charge in [0, 0.05) is 33.3 Å². The number of benzene rings is 2. The molecule has 0 unspecified atom stereocenters. The number of esters is 1. The van der Waals surface area contributed by atoms with Crippen molar-refractivity contribution in [1.29, 1.82) is 0 Å². The molecule has 2 aromatic rings. The van der Waals surface area contributed by atoms with E-state index in [2.05, 4.69) is 62.7 Å². The Labute approximate surface area is 314 Å². The minimum Gasteiger partial charge on any atom is -0.467 e. The molecule has 0 aromatic heterocycles. The van der Waals surface area contributed by atoms with Crippen LogP contribution in [0.1, 0.15) is 59.5 Å². The highest BCUT2D eigenvalue weighted by atomic mass is 16.5. The summed E-state index contributed by atoms with van der Waals surface area (Å²) in [5.41, 5.74) is 13.1. The fourth-order valence-corrected chi connectivity index (χ4v) is 3.94. The third kappa shape index (κ3) is 16.3. The van der Waals surface area contributed by atoms with Crippen molar-refractivity contribution in [2.24, 2.45) is 23.3 Å². The zero-order valence-corrected chi connectivity index (χ0v) is 30.7. The van der Waals surface area contributed by atoms with E-state index < -0.39 is 58.7 Å². The van der Waals surface area contributed by atoms with E-state index in [0.29, 0.717) is 16.7 Å². The van der Waals surface area contributed by atoms with Gasteiger partial charge in [0.05, 0.1) is 45.4 Å². The lowest BCUT2D eigenvalue weighted by Gasteiger charge is -2.29. The smallest absolute Gasteiger partial charge is 0.330 e. The van der Waals surface area contributed by atoms with Crippen LogP contribution in [0, 0.1) is 59.2 Å². The number of carbonyl (C=O) groups is 4. The molecule has 0 saturated carbocycles. The van der Waals surface area contributed by atoms with Crippen LogP contribution in [0.3, 0.4) is 0 Å². The molecule has 2 rings (SSSR count). The predicted octanol–water partition coefficient (Wildman–Crippen LogP) is -1.37. The SMILES string of the molecule is CC(C)(N)[C@H](NC(=O)c1ccc(C#CC#CC(CO)CO)cc1)C(=O)NO.COC(=O)[C@@H](NC(=O)c1ccc(C#CC#CC(CO)CO)cc1)C(C)(C)N. The van der Waals surface area contributed by atoms with E-state index in [9.17, 15) is 19.2 Å². The Kier molecular flexibility index (Phi) is 19.8. The minimum atomic E-state index is -1.13. The van der Waals surface area contributed by atoms with E-state index in [1.807, 2.05) is 0 Å². The van der Waals surface area contributed by atoms with Crippen molar-refractivity contribution < 1.29 is 49.5 Å². The molecule has 2 atom stereocenters. The lowest BCUT2D eigenvalue weighted by Crippen LogP contribution is -2.61. The third-order valence-electron chi connectivity index (χ3n) is 7.12. The van der Waals surface area contributed by atoms with Crippen molar-refractivity contribution in [2.45, 2.75) is 50.9 Å². The zero-order chi connectivity index (χ0) is 40.9. The number of hydrogen-bond donors (Lipinski definition) is 10. The van der Waals surface area contributed by atoms with Gasteiger partial charge in [-0.1, -0.05) is 23.7 Å². The second kappa shape index (κ2) is 23.1. The van der Waals surface area contributed by atoms with Crippen LogP contribution in [-0.2, 0) is 14.3 Å². The Balaban J connectivity index is 0.000000540. The van der Waals surface area contributed by atoms with E-state index in [1.165, 1.54) is 24.7 Å². The van der Waals surface area contributed by atoms with Crippen molar-refractivity contribution >= 4 is 23.7 Å². The summed E-state index contributed by atoms with van der Waals surface area (Å²) in [6, 6.07) is 10.5. The summed E-state index contributed by atoms with van der Waals surface area (Å²) in [6.07, 6.45) is 0. The summed E-state index contributed by atoms with van der Waals surface area (Å²) in [7, 11) is 1.23. The van der Waals surface area contributed by atoms with Gasteiger partial charge in [0.1, 0.15) is 12.1 Å². The average Bonchev–Trinajstić information content (AvgIpc) is 3.15. The second-order valence-corrected chi connectivity index (χ2v) is 12.8. The van der Waals surface area contributed by atoms with E-state index >= 15 is 0 Å². The summed E-state index contributed by atoms with van der Waals surface area (Å²) in [5.74, 6) is 17.6. The number of aliphatic hydroxyl groups excluding tert-OH is 4. The summed E-state index contributed by atoms with van der Waals surface area (Å²) in [5, 5.41) is 49.4. The summed E-state index contributed by atoms with van der Waals surface area (Å²) in [6.45, 7) is 5.37. The number of hydroxylamine groups is 1. The summed E-state index contributed by atoms with van der Waals surface area (Å²) in [4.78, 5) is 48.2. The minimum absolute atomic E-state index is 0.235. The first-order valence-electron chi connectivity index (χ1n) is 16.3. The van der Waals surface area contributed by atoms with Gasteiger partial charge in [-0.05, 0) is 99.9 Å². The molecule has 3 amide bonds. The molecule has 15 heteroatoms. The predicted molar refractivity (Wildman–Crippen MR) is 199 cm³/mol. The summed E-state index contributed by atoms with van der Waals surface area (Å²) >= 11 is 0. The maximum Gasteiger partial charge on any atom is 0.330 e. The number of rotatable bonds is 12. The van der Waals surface area contributed by atoms with E-state index in [1.54, 1.807) is 64.1 Å². The number of nitrogens with two attached hydrogens (primary N) is 2. The van der Waals surface area contributed by atoms with Crippen LogP contribution in [0.25, 0.3) is 0 Å². The van der Waals surface area contributed by atoms with Crippen molar-refractivity contribution in [2.75, 3.05) is 33.5 Å². The normalized spacial score (nSPS) is 11.5. The molecule has 0 bridgehead atoms. The molecule has 15 nitrogen and oxygen atoms in total. The van der Waals surface area contributed by atoms with Crippen molar-refractivity contribution in [1.82, 2.24) is 16.1 Å². The highest BCUT2D eigenvalue weighted by Crippen LogP contribution is 2.11. The number of nitrogens with one attached hydrogen (secondary N) is 3. The van der Waals surface area contributed by atoms with Gasteiger partial charge >= 0.3 is 5.97 Å². The van der Waals surface area contributed by atoms with E-state index in [-0.39, 0.29) is 32.0 Å². The number of aliphatic hydroxyl groups is 4. The largest absolute Gasteiger partial charge is 0.467 e. The lowest BCUT2D eigenvalue weighted by atomic mass is 9.95. The van der Waals surface area contributed by atoms with Crippen molar-refractivity contribution in [3.63, 3.8) is 0 Å². The standard InChI is InChI=1S/C20H24N2O5.C19H23N3O5/c1-20(2,21)17(19(26)27-3)22-18(25)16-10-8-14(9-11-16)6-4-5-7-15(12-23)13-24;1-19(2,20)16(18(26)22-27)21-17(25)15-9-7-13(8-10-15)5-3-4-6-14(11-23)12-24/h8-11,15,17,23-24H,12-13,21H2,1-3H3,(H,22,25);7-10,14,16,23-24,27H,11-12,20H2,1-2H3,(H,21,25)(H,22,26)/t17-;16-/m11/s1. The first kappa shape index (κ1) is 46.3.